The van der Waals surface area contributed by atoms with Gasteiger partial charge in [-0.2, -0.15) is 0 Å². The first-order valence-corrected chi connectivity index (χ1v) is 12.5. The van der Waals surface area contributed by atoms with Gasteiger partial charge in [0.1, 0.15) is 24.6 Å². The zero-order valence-electron chi connectivity index (χ0n) is 20.3. The Balaban J connectivity index is 1.21. The molecule has 1 fully saturated rings. The van der Waals surface area contributed by atoms with Crippen molar-refractivity contribution >= 4 is 5.97 Å². The molecule has 3 aromatic rings. The van der Waals surface area contributed by atoms with Gasteiger partial charge in [-0.15, -0.1) is 0 Å². The maximum atomic E-state index is 11.7. The summed E-state index contributed by atoms with van der Waals surface area (Å²) in [6.45, 7) is 3.36. The maximum absolute atomic E-state index is 11.7. The molecule has 5 heteroatoms. The van der Waals surface area contributed by atoms with Crippen molar-refractivity contribution in [2.45, 2.75) is 44.8 Å². The Kier molecular flexibility index (Phi) is 7.16. The van der Waals surface area contributed by atoms with Crippen LogP contribution in [0.5, 0.6) is 5.75 Å². The first-order chi connectivity index (χ1) is 17.1. The number of ether oxygens (including phenoxy) is 4. The van der Waals surface area contributed by atoms with E-state index in [1.54, 1.807) is 6.92 Å². The van der Waals surface area contributed by atoms with Crippen molar-refractivity contribution in [3.05, 3.63) is 89.0 Å². The van der Waals surface area contributed by atoms with E-state index in [0.29, 0.717) is 26.4 Å². The number of hydrogen-bond acceptors (Lipinski definition) is 5. The number of carbonyl (C=O) groups is 1. The van der Waals surface area contributed by atoms with Crippen molar-refractivity contribution in [3.8, 4) is 16.9 Å². The smallest absolute Gasteiger partial charge is 0.332 e. The molecule has 0 aromatic heterocycles. The third-order valence-electron chi connectivity index (χ3n) is 6.84. The molecular weight excluding hydrogens is 440 g/mol. The lowest BCUT2D eigenvalue weighted by molar-refractivity contribution is -0.221. The molecule has 0 N–H and O–H groups in total. The number of rotatable bonds is 9. The van der Waals surface area contributed by atoms with Crippen molar-refractivity contribution in [2.75, 3.05) is 26.4 Å². The van der Waals surface area contributed by atoms with Gasteiger partial charge < -0.3 is 18.9 Å². The van der Waals surface area contributed by atoms with Crippen LogP contribution in [0.4, 0.5) is 0 Å². The average Bonchev–Trinajstić information content (AvgIpc) is 2.87. The number of hydrogen-bond donors (Lipinski definition) is 0. The second-order valence-electron chi connectivity index (χ2n) is 9.28. The minimum atomic E-state index is -0.603. The molecule has 0 unspecified atom stereocenters. The molecule has 0 atom stereocenters. The van der Waals surface area contributed by atoms with Gasteiger partial charge in [-0.1, -0.05) is 48.5 Å². The van der Waals surface area contributed by atoms with Crippen molar-refractivity contribution in [3.63, 3.8) is 0 Å². The predicted octanol–water partition coefficient (Wildman–Crippen LogP) is 5.62. The van der Waals surface area contributed by atoms with Gasteiger partial charge in [-0.25, -0.2) is 4.79 Å². The summed E-state index contributed by atoms with van der Waals surface area (Å²) in [5.74, 6) is 0.421. The molecule has 1 aliphatic heterocycles. The largest absolute Gasteiger partial charge is 0.489 e. The Hall–Kier alpha value is -3.15. The summed E-state index contributed by atoms with van der Waals surface area (Å²) in [5, 5.41) is 0. The van der Waals surface area contributed by atoms with E-state index in [4.69, 9.17) is 18.9 Å². The molecule has 2 aliphatic rings. The molecule has 0 saturated carbocycles. The van der Waals surface area contributed by atoms with Crippen LogP contribution in [0.15, 0.2) is 66.7 Å². The van der Waals surface area contributed by atoms with Crippen LogP contribution < -0.4 is 4.74 Å². The molecule has 1 aliphatic carbocycles. The molecule has 0 amide bonds. The van der Waals surface area contributed by atoms with E-state index in [2.05, 4.69) is 42.5 Å². The molecule has 1 saturated heterocycles. The van der Waals surface area contributed by atoms with Gasteiger partial charge in [-0.3, -0.25) is 0 Å². The molecule has 1 heterocycles. The van der Waals surface area contributed by atoms with Gasteiger partial charge in [0.05, 0.1) is 19.8 Å². The molecule has 0 bridgehead atoms. The summed E-state index contributed by atoms with van der Waals surface area (Å²) < 4.78 is 22.3. The fourth-order valence-electron chi connectivity index (χ4n) is 4.80. The van der Waals surface area contributed by atoms with Gasteiger partial charge in [0.15, 0.2) is 0 Å². The zero-order chi connectivity index (χ0) is 24.1. The van der Waals surface area contributed by atoms with Crippen molar-refractivity contribution in [1.82, 2.24) is 0 Å². The molecule has 182 valence electrons. The number of carbonyl (C=O) groups excluding carboxylic acids is 1. The van der Waals surface area contributed by atoms with Gasteiger partial charge in [0.25, 0.3) is 0 Å². The van der Waals surface area contributed by atoms with Crippen LogP contribution in [0.25, 0.3) is 11.1 Å². The van der Waals surface area contributed by atoms with Crippen LogP contribution in [-0.4, -0.2) is 32.4 Å². The summed E-state index contributed by atoms with van der Waals surface area (Å²) in [7, 11) is 0. The summed E-state index contributed by atoms with van der Waals surface area (Å²) in [6, 6.07) is 23.3. The van der Waals surface area contributed by atoms with E-state index in [1.165, 1.54) is 47.9 Å². The number of esters is 1. The van der Waals surface area contributed by atoms with Crippen LogP contribution in [0, 0.1) is 0 Å². The van der Waals surface area contributed by atoms with Crippen molar-refractivity contribution in [2.24, 2.45) is 0 Å². The number of aryl methyl sites for hydroxylation is 2. The third kappa shape index (κ3) is 5.42. The van der Waals surface area contributed by atoms with E-state index < -0.39 is 5.60 Å². The van der Waals surface area contributed by atoms with Crippen molar-refractivity contribution in [1.29, 1.82) is 0 Å². The van der Waals surface area contributed by atoms with Crippen LogP contribution in [0.1, 0.15) is 42.0 Å². The van der Waals surface area contributed by atoms with E-state index >= 15 is 0 Å². The molecule has 35 heavy (non-hydrogen) atoms. The summed E-state index contributed by atoms with van der Waals surface area (Å²) in [4.78, 5) is 11.7. The average molecular weight is 473 g/mol. The molecule has 3 aromatic carbocycles. The van der Waals surface area contributed by atoms with E-state index in [9.17, 15) is 4.79 Å². The first-order valence-electron chi connectivity index (χ1n) is 12.5. The van der Waals surface area contributed by atoms with Crippen LogP contribution in [0.2, 0.25) is 0 Å². The fraction of sp³-hybridized carbons (Fsp3) is 0.367. The Morgan fingerprint density at radius 2 is 1.69 bits per heavy atom. The van der Waals surface area contributed by atoms with E-state index in [0.717, 1.165) is 16.9 Å². The van der Waals surface area contributed by atoms with Crippen LogP contribution >= 0.6 is 0 Å². The normalized spacial score (nSPS) is 16.1. The SMILES string of the molecule is CCOC(=O)COC1(c2ccc(OCc3cccc(-c4ccc5c(c4)CCCC5)c3)cc2)COC1. The topological polar surface area (TPSA) is 54.0 Å². The second-order valence-corrected chi connectivity index (χ2v) is 9.28. The summed E-state index contributed by atoms with van der Waals surface area (Å²) >= 11 is 0. The molecule has 5 nitrogen and oxygen atoms in total. The monoisotopic (exact) mass is 472 g/mol. The Bertz CT molecular complexity index is 1160. The minimum Gasteiger partial charge on any atom is -0.489 e. The van der Waals surface area contributed by atoms with E-state index in [1.807, 2.05) is 24.3 Å². The van der Waals surface area contributed by atoms with Gasteiger partial charge >= 0.3 is 5.97 Å². The zero-order valence-corrected chi connectivity index (χ0v) is 20.3. The second kappa shape index (κ2) is 10.6. The maximum Gasteiger partial charge on any atom is 0.332 e. The molecular formula is C30H32O5. The quantitative estimate of drug-likeness (QED) is 0.379. The lowest BCUT2D eigenvalue weighted by atomic mass is 9.89. The highest BCUT2D eigenvalue weighted by molar-refractivity contribution is 5.70. The standard InChI is InChI=1S/C30H32O5/c1-2-33-29(31)19-35-30(20-32-21-30)27-12-14-28(15-13-27)34-18-22-6-5-9-24(16-22)26-11-10-23-7-3-4-8-25(23)17-26/h5-6,9-17H,2-4,7-8,18-21H2,1H3. The van der Waals surface area contributed by atoms with Crippen molar-refractivity contribution < 1.29 is 23.7 Å². The first kappa shape index (κ1) is 23.6. The Labute approximate surface area is 207 Å². The minimum absolute atomic E-state index is 0.0873. The lowest BCUT2D eigenvalue weighted by Crippen LogP contribution is -2.49. The predicted molar refractivity (Wildman–Crippen MR) is 134 cm³/mol. The summed E-state index contributed by atoms with van der Waals surface area (Å²) in [6.07, 6.45) is 4.97. The number of fused-ring (bicyclic) bond motifs is 1. The van der Waals surface area contributed by atoms with E-state index in [-0.39, 0.29) is 12.6 Å². The highest BCUT2D eigenvalue weighted by atomic mass is 16.6. The van der Waals surface area contributed by atoms with Crippen LogP contribution in [0.3, 0.4) is 0 Å². The summed E-state index contributed by atoms with van der Waals surface area (Å²) in [5.41, 5.74) is 6.99. The highest BCUT2D eigenvalue weighted by Crippen LogP contribution is 2.35. The third-order valence-corrected chi connectivity index (χ3v) is 6.84. The lowest BCUT2D eigenvalue weighted by Gasteiger charge is -2.41. The van der Waals surface area contributed by atoms with Gasteiger partial charge in [-0.05, 0) is 84.2 Å². The highest BCUT2D eigenvalue weighted by Gasteiger charge is 2.42. The number of benzene rings is 3. The fourth-order valence-corrected chi connectivity index (χ4v) is 4.80. The Morgan fingerprint density at radius 1 is 0.914 bits per heavy atom. The molecule has 5 rings (SSSR count). The van der Waals surface area contributed by atoms with Gasteiger partial charge in [0.2, 0.25) is 0 Å². The molecule has 0 radical (unpaired) electrons. The molecule has 0 spiro atoms. The van der Waals surface area contributed by atoms with Crippen LogP contribution in [-0.2, 0) is 44.1 Å². The Morgan fingerprint density at radius 3 is 2.43 bits per heavy atom. The van der Waals surface area contributed by atoms with Gasteiger partial charge in [0, 0.05) is 0 Å².